The minimum atomic E-state index is 0.0831. The Bertz CT molecular complexity index is 613. The van der Waals surface area contributed by atoms with Crippen molar-refractivity contribution in [3.05, 3.63) is 83.4 Å². The molecule has 0 aliphatic rings. The van der Waals surface area contributed by atoms with Crippen LogP contribution in [0.3, 0.4) is 0 Å². The molecule has 0 spiro atoms. The van der Waals surface area contributed by atoms with E-state index in [1.807, 2.05) is 55.1 Å². The molecule has 0 bridgehead atoms. The first-order valence-corrected chi connectivity index (χ1v) is 7.67. The van der Waals surface area contributed by atoms with E-state index in [1.54, 1.807) is 6.08 Å². The van der Waals surface area contributed by atoms with E-state index >= 15 is 0 Å². The number of allylic oxidation sites excluding steroid dienone is 1. The molecule has 114 valence electrons. The zero-order chi connectivity index (χ0) is 15.8. The summed E-state index contributed by atoms with van der Waals surface area (Å²) < 4.78 is 0. The van der Waals surface area contributed by atoms with Crippen LogP contribution >= 0.6 is 0 Å². The molecule has 0 saturated carbocycles. The zero-order valence-corrected chi connectivity index (χ0v) is 13.3. The summed E-state index contributed by atoms with van der Waals surface area (Å²) in [5.74, 6) is 0.0831. The zero-order valence-electron chi connectivity index (χ0n) is 13.3. The lowest BCUT2D eigenvalue weighted by Gasteiger charge is -2.22. The van der Waals surface area contributed by atoms with Crippen LogP contribution in [0.1, 0.15) is 25.0 Å². The van der Waals surface area contributed by atoms with Gasteiger partial charge < -0.3 is 4.90 Å². The van der Waals surface area contributed by atoms with Gasteiger partial charge in [0.05, 0.1) is 0 Å². The van der Waals surface area contributed by atoms with Gasteiger partial charge in [-0.1, -0.05) is 66.2 Å². The molecule has 2 aromatic carbocycles. The van der Waals surface area contributed by atoms with Crippen LogP contribution in [0.5, 0.6) is 0 Å². The topological polar surface area (TPSA) is 20.3 Å². The van der Waals surface area contributed by atoms with Gasteiger partial charge in [0.2, 0.25) is 5.91 Å². The Hall–Kier alpha value is -2.35. The van der Waals surface area contributed by atoms with Crippen molar-refractivity contribution in [2.24, 2.45) is 0 Å². The summed E-state index contributed by atoms with van der Waals surface area (Å²) in [7, 11) is 0. The Kier molecular flexibility index (Phi) is 5.96. The molecule has 0 aromatic heterocycles. The third-order valence-electron chi connectivity index (χ3n) is 3.45. The number of hydrogen-bond donors (Lipinski definition) is 0. The molecule has 0 aliphatic carbocycles. The van der Waals surface area contributed by atoms with Gasteiger partial charge in [-0.2, -0.15) is 0 Å². The second kappa shape index (κ2) is 8.18. The molecule has 2 rings (SSSR count). The number of hydrogen-bond acceptors (Lipinski definition) is 1. The Morgan fingerprint density at radius 1 is 0.909 bits per heavy atom. The van der Waals surface area contributed by atoms with Gasteiger partial charge in [0.1, 0.15) is 0 Å². The van der Waals surface area contributed by atoms with Crippen molar-refractivity contribution in [1.82, 2.24) is 4.90 Å². The molecule has 0 fully saturated rings. The summed E-state index contributed by atoms with van der Waals surface area (Å²) in [6.07, 6.45) is 2.59. The van der Waals surface area contributed by atoms with Gasteiger partial charge in [-0.15, -0.1) is 0 Å². The Labute approximate surface area is 133 Å². The molecule has 0 radical (unpaired) electrons. The second-order valence-electron chi connectivity index (χ2n) is 5.70. The predicted molar refractivity (Wildman–Crippen MR) is 91.4 cm³/mol. The molecule has 1 amide bonds. The van der Waals surface area contributed by atoms with Crippen LogP contribution in [0.25, 0.3) is 0 Å². The van der Waals surface area contributed by atoms with Crippen molar-refractivity contribution in [3.8, 4) is 0 Å². The van der Waals surface area contributed by atoms with Crippen molar-refractivity contribution in [2.75, 3.05) is 6.54 Å². The molecule has 22 heavy (non-hydrogen) atoms. The Balaban J connectivity index is 2.07. The van der Waals surface area contributed by atoms with E-state index < -0.39 is 0 Å². The molecular weight excluding hydrogens is 270 g/mol. The highest BCUT2D eigenvalue weighted by molar-refractivity contribution is 5.88. The van der Waals surface area contributed by atoms with Gasteiger partial charge in [0.15, 0.2) is 0 Å². The fourth-order valence-corrected chi connectivity index (χ4v) is 2.32. The van der Waals surface area contributed by atoms with E-state index in [0.717, 1.165) is 24.1 Å². The summed E-state index contributed by atoms with van der Waals surface area (Å²) in [4.78, 5) is 14.3. The third-order valence-corrected chi connectivity index (χ3v) is 3.45. The molecular formula is C20H23NO. The normalized spacial score (nSPS) is 10.1. The van der Waals surface area contributed by atoms with Crippen LogP contribution in [-0.2, 0) is 17.8 Å². The number of nitrogens with zero attached hydrogens (tertiary/aromatic N) is 1. The minimum Gasteiger partial charge on any atom is -0.335 e. The standard InChI is InChI=1S/C20H23NO/c1-17(2)15-20(22)21(16-19-11-7-4-8-12-19)14-13-18-9-5-3-6-10-18/h3-12,15H,13-14,16H2,1-2H3. The predicted octanol–water partition coefficient (Wildman–Crippen LogP) is 4.22. The van der Waals surface area contributed by atoms with Crippen LogP contribution in [0.4, 0.5) is 0 Å². The van der Waals surface area contributed by atoms with E-state index in [2.05, 4.69) is 24.3 Å². The summed E-state index contributed by atoms with van der Waals surface area (Å²) >= 11 is 0. The molecule has 2 aromatic rings. The fourth-order valence-electron chi connectivity index (χ4n) is 2.32. The smallest absolute Gasteiger partial charge is 0.246 e. The summed E-state index contributed by atoms with van der Waals surface area (Å²) in [6, 6.07) is 20.4. The SMILES string of the molecule is CC(C)=CC(=O)N(CCc1ccccc1)Cc1ccccc1. The first-order valence-electron chi connectivity index (χ1n) is 7.67. The summed E-state index contributed by atoms with van der Waals surface area (Å²) in [5, 5.41) is 0. The highest BCUT2D eigenvalue weighted by Crippen LogP contribution is 2.09. The molecule has 0 aliphatic heterocycles. The second-order valence-corrected chi connectivity index (χ2v) is 5.70. The van der Waals surface area contributed by atoms with Crippen LogP contribution < -0.4 is 0 Å². The maximum Gasteiger partial charge on any atom is 0.246 e. The average molecular weight is 293 g/mol. The largest absolute Gasteiger partial charge is 0.335 e. The third kappa shape index (κ3) is 5.21. The van der Waals surface area contributed by atoms with Gasteiger partial charge in [-0.05, 0) is 31.4 Å². The van der Waals surface area contributed by atoms with E-state index in [4.69, 9.17) is 0 Å². The number of rotatable bonds is 6. The monoisotopic (exact) mass is 293 g/mol. The van der Waals surface area contributed by atoms with Gasteiger partial charge in [-0.25, -0.2) is 0 Å². The molecule has 2 nitrogen and oxygen atoms in total. The molecule has 0 atom stereocenters. The van der Waals surface area contributed by atoms with E-state index in [0.29, 0.717) is 6.54 Å². The van der Waals surface area contributed by atoms with Crippen molar-refractivity contribution in [2.45, 2.75) is 26.8 Å². The lowest BCUT2D eigenvalue weighted by Crippen LogP contribution is -2.31. The van der Waals surface area contributed by atoms with Crippen molar-refractivity contribution in [3.63, 3.8) is 0 Å². The molecule has 0 unspecified atom stereocenters. The number of carbonyl (C=O) groups is 1. The average Bonchev–Trinajstić information content (AvgIpc) is 2.52. The van der Waals surface area contributed by atoms with Gasteiger partial charge in [-0.3, -0.25) is 4.79 Å². The number of carbonyl (C=O) groups excluding carboxylic acids is 1. The van der Waals surface area contributed by atoms with E-state index in [1.165, 1.54) is 5.56 Å². The van der Waals surface area contributed by atoms with E-state index in [9.17, 15) is 4.79 Å². The summed E-state index contributed by atoms with van der Waals surface area (Å²) in [5.41, 5.74) is 3.44. The molecule has 0 N–H and O–H groups in total. The number of amides is 1. The van der Waals surface area contributed by atoms with Crippen molar-refractivity contribution in [1.29, 1.82) is 0 Å². The lowest BCUT2D eigenvalue weighted by atomic mass is 10.1. The van der Waals surface area contributed by atoms with Crippen LogP contribution in [-0.4, -0.2) is 17.4 Å². The van der Waals surface area contributed by atoms with Crippen LogP contribution in [0, 0.1) is 0 Å². The van der Waals surface area contributed by atoms with Crippen molar-refractivity contribution >= 4 is 5.91 Å². The first kappa shape index (κ1) is 16.0. The maximum absolute atomic E-state index is 12.4. The minimum absolute atomic E-state index is 0.0831. The molecule has 0 heterocycles. The highest BCUT2D eigenvalue weighted by atomic mass is 16.2. The van der Waals surface area contributed by atoms with Crippen LogP contribution in [0.15, 0.2) is 72.3 Å². The summed E-state index contributed by atoms with van der Waals surface area (Å²) in [6.45, 7) is 5.28. The van der Waals surface area contributed by atoms with Gasteiger partial charge in [0, 0.05) is 19.2 Å². The van der Waals surface area contributed by atoms with Crippen LogP contribution in [0.2, 0.25) is 0 Å². The Morgan fingerprint density at radius 3 is 2.00 bits per heavy atom. The highest BCUT2D eigenvalue weighted by Gasteiger charge is 2.11. The lowest BCUT2D eigenvalue weighted by molar-refractivity contribution is -0.126. The van der Waals surface area contributed by atoms with E-state index in [-0.39, 0.29) is 5.91 Å². The van der Waals surface area contributed by atoms with Gasteiger partial charge >= 0.3 is 0 Å². The Morgan fingerprint density at radius 2 is 1.45 bits per heavy atom. The first-order chi connectivity index (χ1) is 10.6. The molecule has 2 heteroatoms. The quantitative estimate of drug-likeness (QED) is 0.730. The molecule has 0 saturated heterocycles. The van der Waals surface area contributed by atoms with Gasteiger partial charge in [0.25, 0.3) is 0 Å². The fraction of sp³-hybridized carbons (Fsp3) is 0.250. The van der Waals surface area contributed by atoms with Crippen molar-refractivity contribution < 1.29 is 4.79 Å². The number of benzene rings is 2. The maximum atomic E-state index is 12.4.